The number of urea groups is 1. The van der Waals surface area contributed by atoms with E-state index < -0.39 is 66.2 Å². The van der Waals surface area contributed by atoms with E-state index in [9.17, 15) is 56.0 Å². The number of rotatable bonds is 22. The first-order valence-electron chi connectivity index (χ1n) is 22.5. The Kier molecular flexibility index (Phi) is 20.9. The minimum Gasteiger partial charge on any atom is -0.493 e. The number of barbiturate groups is 1. The highest BCUT2D eigenvalue weighted by Gasteiger charge is 2.43. The quantitative estimate of drug-likeness (QED) is 0.0447. The molecule has 0 spiro atoms. The van der Waals surface area contributed by atoms with Gasteiger partial charge in [-0.15, -0.1) is 5.11 Å². The minimum atomic E-state index is -3.81. The van der Waals surface area contributed by atoms with Gasteiger partial charge in [0.1, 0.15) is 11.6 Å². The molecule has 1 aliphatic heterocycles. The number of carbonyl (C=O) groups is 5. The number of carbonyl (C=O) groups excluding carboxylic acids is 5. The average molecular weight is 1030 g/mol. The fraction of sp³-hybridized carbons (Fsp3) is 0.500. The molecule has 1 aromatic heterocycles. The molecule has 1 saturated heterocycles. The van der Waals surface area contributed by atoms with Crippen molar-refractivity contribution in [1.82, 2.24) is 23.8 Å². The number of esters is 2. The van der Waals surface area contributed by atoms with Crippen LogP contribution in [-0.4, -0.2) is 113 Å². The van der Waals surface area contributed by atoms with E-state index in [4.69, 9.17) is 9.47 Å². The third kappa shape index (κ3) is 15.4. The smallest absolute Gasteiger partial charge is 0.333 e. The number of nitrogens with one attached hydrogen (secondary N) is 2. The number of aromatic nitrogens is 1. The molecule has 386 valence electrons. The van der Waals surface area contributed by atoms with E-state index in [1.165, 1.54) is 69.6 Å². The molecule has 1 aliphatic rings. The highest BCUT2D eigenvalue weighted by molar-refractivity contribution is 7.89. The van der Waals surface area contributed by atoms with Gasteiger partial charge in [-0.25, -0.2) is 31.1 Å². The Morgan fingerprint density at radius 2 is 1.15 bits per heavy atom. The summed E-state index contributed by atoms with van der Waals surface area (Å²) in [5.74, 6) is -2.66. The molecule has 0 unspecified atom stereocenters. The lowest BCUT2D eigenvalue weighted by Gasteiger charge is -2.30. The molecule has 4 rings (SSSR count). The van der Waals surface area contributed by atoms with Gasteiger partial charge in [0.15, 0.2) is 5.69 Å². The molecule has 0 saturated carbocycles. The number of sulfonamides is 2. The van der Waals surface area contributed by atoms with Crippen LogP contribution < -0.4 is 15.0 Å². The molecule has 0 aliphatic carbocycles. The van der Waals surface area contributed by atoms with E-state index in [1.807, 2.05) is 26.8 Å². The molecule has 25 heteroatoms. The third-order valence-electron chi connectivity index (χ3n) is 11.3. The molecule has 71 heavy (non-hydrogen) atoms. The fourth-order valence-corrected chi connectivity index (χ4v) is 7.97. The summed E-state index contributed by atoms with van der Waals surface area (Å²) < 4.78 is 66.3. The molecule has 3 aromatic rings. The van der Waals surface area contributed by atoms with Crippen molar-refractivity contribution >= 4 is 66.9 Å². The van der Waals surface area contributed by atoms with E-state index in [-0.39, 0.29) is 82.8 Å². The number of aromatic hydroxyl groups is 1. The van der Waals surface area contributed by atoms with Crippen LogP contribution in [0.15, 0.2) is 83.6 Å². The van der Waals surface area contributed by atoms with Crippen LogP contribution in [0.2, 0.25) is 0 Å². The highest BCUT2D eigenvalue weighted by Crippen LogP contribution is 2.28. The summed E-state index contributed by atoms with van der Waals surface area (Å²) in [6.45, 7) is 14.8. The summed E-state index contributed by atoms with van der Waals surface area (Å²) in [7, 11) is -5.13. The minimum absolute atomic E-state index is 0.00782. The molecule has 3 N–H and O–H groups in total. The summed E-state index contributed by atoms with van der Waals surface area (Å²) >= 11 is 0. The number of pyridine rings is 1. The summed E-state index contributed by atoms with van der Waals surface area (Å²) in [5.41, 5.74) is -1.17. The van der Waals surface area contributed by atoms with Gasteiger partial charge in [0, 0.05) is 39.3 Å². The second kappa shape index (κ2) is 25.4. The van der Waals surface area contributed by atoms with Crippen LogP contribution in [0, 0.1) is 29.1 Å². The highest BCUT2D eigenvalue weighted by atomic mass is 32.2. The second-order valence-corrected chi connectivity index (χ2v) is 20.9. The average Bonchev–Trinajstić information content (AvgIpc) is 3.34. The number of amides is 4. The van der Waals surface area contributed by atoms with Crippen LogP contribution in [0.5, 0.6) is 5.88 Å². The maximum atomic E-state index is 12.7. The Bertz CT molecular complexity index is 2800. The Morgan fingerprint density at radius 1 is 0.732 bits per heavy atom. The van der Waals surface area contributed by atoms with Crippen molar-refractivity contribution in [1.29, 1.82) is 5.26 Å². The molecular weight excluding hydrogens is 965 g/mol. The van der Waals surface area contributed by atoms with Crippen LogP contribution in [0.3, 0.4) is 0 Å². The molecule has 2 heterocycles. The zero-order valence-electron chi connectivity index (χ0n) is 41.5. The van der Waals surface area contributed by atoms with E-state index in [1.54, 1.807) is 27.7 Å². The lowest BCUT2D eigenvalue weighted by Crippen LogP contribution is -2.58. The van der Waals surface area contributed by atoms with Crippen molar-refractivity contribution in [3.63, 3.8) is 0 Å². The van der Waals surface area contributed by atoms with E-state index in [0.717, 1.165) is 14.4 Å². The van der Waals surface area contributed by atoms with Crippen molar-refractivity contribution in [3.05, 3.63) is 70.0 Å². The number of nitrogens with zero attached hydrogens (tertiary/aromatic N) is 8. The van der Waals surface area contributed by atoms with Crippen molar-refractivity contribution in [3.8, 4) is 11.9 Å². The van der Waals surface area contributed by atoms with Crippen molar-refractivity contribution in [2.45, 2.75) is 110 Å². The topological polar surface area (TPSA) is 318 Å². The summed E-state index contributed by atoms with van der Waals surface area (Å²) in [5, 5.41) is 35.2. The van der Waals surface area contributed by atoms with Crippen LogP contribution in [0.4, 0.5) is 21.9 Å². The molecule has 0 radical (unpaired) electrons. The van der Waals surface area contributed by atoms with Gasteiger partial charge < -0.3 is 14.6 Å². The largest absolute Gasteiger partial charge is 0.493 e. The number of ether oxygens (including phenoxy) is 2. The lowest BCUT2D eigenvalue weighted by molar-refractivity contribution is -0.154. The van der Waals surface area contributed by atoms with Gasteiger partial charge >= 0.3 is 18.0 Å². The summed E-state index contributed by atoms with van der Waals surface area (Å²) in [6, 6.07) is 10.5. The Balaban J connectivity index is 0.000000377. The molecule has 23 nitrogen and oxygen atoms in total. The Labute approximate surface area is 413 Å². The first-order chi connectivity index (χ1) is 33.2. The maximum absolute atomic E-state index is 12.7. The van der Waals surface area contributed by atoms with Gasteiger partial charge in [-0.2, -0.15) is 20.6 Å². The summed E-state index contributed by atoms with van der Waals surface area (Å²) in [6.07, 6.45) is 2.47. The number of nitriles is 1. The number of hydrogen-bond acceptors (Lipinski definition) is 18. The summed E-state index contributed by atoms with van der Waals surface area (Å²) in [4.78, 5) is 74.2. The SMILES string of the molecule is CCC(C)(C)C(=O)OCCCNS(=O)(=O)c1ccc(N=NC2C(=O)N(C)C(=O)N(C)C2=O)cc1.CCCn1c(O)c(C#N)c(C)c(N=Nc2ccc(S(=O)(=O)NCCCOC(=O)C(C)(C)CC)cc2)c1=O. The van der Waals surface area contributed by atoms with Gasteiger partial charge in [-0.1, -0.05) is 20.8 Å². The fourth-order valence-electron chi connectivity index (χ4n) is 5.82. The normalized spacial score (nSPS) is 13.9. The molecule has 0 bridgehead atoms. The monoisotopic (exact) mass is 1030 g/mol. The standard InChI is InChI=1S/C25H33N5O6S.C21H29N5O7S/c1-6-14-30-22(31)20(16-26)17(3)21(23(30)32)29-28-18-9-11-19(12-10-18)37(34,35)27-13-8-15-36-24(33)25(4,5)7-2;1-6-21(2,3)19(29)33-13-7-12-22-34(31,32)15-10-8-14(9-11-15)23-24-16-17(27)25(4)20(30)26(5)18(16)28/h9-12,27,31H,6-8,13-15H2,1-5H3;8-11,16,22H,6-7,12-13H2,1-5H3. The molecule has 1 fully saturated rings. The van der Waals surface area contributed by atoms with Gasteiger partial charge in [0.25, 0.3) is 17.4 Å². The Hall–Kier alpha value is -6.75. The van der Waals surface area contributed by atoms with Gasteiger partial charge in [0.05, 0.1) is 45.2 Å². The van der Waals surface area contributed by atoms with Gasteiger partial charge in [-0.3, -0.25) is 38.3 Å². The zero-order valence-corrected chi connectivity index (χ0v) is 43.1. The van der Waals surface area contributed by atoms with Crippen LogP contribution >= 0.6 is 0 Å². The number of likely N-dealkylation sites (N-methyl/N-ethyl adjacent to an activating group) is 2. The molecule has 4 amide bonds. The van der Waals surface area contributed by atoms with Crippen molar-refractivity contribution in [2.75, 3.05) is 40.4 Å². The van der Waals surface area contributed by atoms with Crippen LogP contribution in [-0.2, 0) is 55.2 Å². The first-order valence-corrected chi connectivity index (χ1v) is 25.5. The van der Waals surface area contributed by atoms with E-state index >= 15 is 0 Å². The first kappa shape index (κ1) is 58.6. The molecule has 2 aromatic carbocycles. The zero-order chi connectivity index (χ0) is 53.5. The number of benzene rings is 2. The van der Waals surface area contributed by atoms with Crippen LogP contribution in [0.25, 0.3) is 0 Å². The maximum Gasteiger partial charge on any atom is 0.333 e. The number of imide groups is 2. The number of azo groups is 2. The predicted molar refractivity (Wildman–Crippen MR) is 258 cm³/mol. The van der Waals surface area contributed by atoms with Crippen molar-refractivity contribution < 1.29 is 55.4 Å². The predicted octanol–water partition coefficient (Wildman–Crippen LogP) is 6.04. The lowest BCUT2D eigenvalue weighted by atomic mass is 9.91. The van der Waals surface area contributed by atoms with Gasteiger partial charge in [0.2, 0.25) is 32.0 Å². The van der Waals surface area contributed by atoms with E-state index in [2.05, 4.69) is 29.9 Å². The third-order valence-corrected chi connectivity index (χ3v) is 14.3. The number of hydrogen-bond donors (Lipinski definition) is 3. The van der Waals surface area contributed by atoms with Crippen LogP contribution in [0.1, 0.15) is 91.7 Å². The Morgan fingerprint density at radius 3 is 1.55 bits per heavy atom. The van der Waals surface area contributed by atoms with Crippen molar-refractivity contribution in [2.24, 2.45) is 31.3 Å². The van der Waals surface area contributed by atoms with Gasteiger partial charge in [-0.05, 0) is 115 Å². The van der Waals surface area contributed by atoms with E-state index in [0.29, 0.717) is 32.1 Å². The molecule has 0 atom stereocenters. The molecular formula is C46H62N10O13S2. The second-order valence-electron chi connectivity index (χ2n) is 17.4.